The van der Waals surface area contributed by atoms with Gasteiger partial charge in [-0.25, -0.2) is 4.79 Å². The van der Waals surface area contributed by atoms with Gasteiger partial charge in [0.05, 0.1) is 17.6 Å². The lowest BCUT2D eigenvalue weighted by Gasteiger charge is -2.36. The predicted octanol–water partition coefficient (Wildman–Crippen LogP) is 2.69. The number of fused-ring (bicyclic) bond motifs is 1. The van der Waals surface area contributed by atoms with E-state index >= 15 is 0 Å². The van der Waals surface area contributed by atoms with Crippen molar-refractivity contribution in [1.29, 1.82) is 0 Å². The number of H-pyrrole nitrogens is 1. The van der Waals surface area contributed by atoms with Gasteiger partial charge in [0.25, 0.3) is 11.5 Å². The lowest BCUT2D eigenvalue weighted by Crippen LogP contribution is -2.48. The fourth-order valence-corrected chi connectivity index (χ4v) is 4.67. The van der Waals surface area contributed by atoms with Crippen molar-refractivity contribution in [1.82, 2.24) is 19.0 Å². The molecule has 1 aliphatic heterocycles. The van der Waals surface area contributed by atoms with E-state index < -0.39 is 11.2 Å². The molecule has 0 aliphatic carbocycles. The second-order valence-corrected chi connectivity index (χ2v) is 8.88. The normalized spacial score (nSPS) is 14.1. The number of benzene rings is 2. The fraction of sp³-hybridized carbons (Fsp3) is 0.240. The van der Waals surface area contributed by atoms with E-state index in [9.17, 15) is 14.4 Å². The second kappa shape index (κ2) is 8.87. The summed E-state index contributed by atoms with van der Waals surface area (Å²) in [5.41, 5.74) is 1.82. The summed E-state index contributed by atoms with van der Waals surface area (Å²) in [6.07, 6.45) is 1.63. The van der Waals surface area contributed by atoms with Gasteiger partial charge in [-0.2, -0.15) is 0 Å². The molecule has 2 aromatic carbocycles. The largest absolute Gasteiger partial charge is 0.368 e. The van der Waals surface area contributed by atoms with Crippen LogP contribution in [0.25, 0.3) is 11.0 Å². The van der Waals surface area contributed by atoms with Crippen molar-refractivity contribution in [3.8, 4) is 0 Å². The van der Waals surface area contributed by atoms with E-state index in [4.69, 9.17) is 11.6 Å². The average Bonchev–Trinajstić information content (AvgIpc) is 3.18. The van der Waals surface area contributed by atoms with Gasteiger partial charge >= 0.3 is 5.69 Å². The number of nitrogens with one attached hydrogen (secondary N) is 1. The molecule has 1 saturated heterocycles. The van der Waals surface area contributed by atoms with E-state index in [2.05, 4.69) is 9.88 Å². The molecule has 0 bridgehead atoms. The van der Waals surface area contributed by atoms with Gasteiger partial charge in [-0.15, -0.1) is 0 Å². The highest BCUT2D eigenvalue weighted by molar-refractivity contribution is 6.30. The van der Waals surface area contributed by atoms with Crippen molar-refractivity contribution in [3.63, 3.8) is 0 Å². The molecular weight excluding hydrogens is 454 g/mol. The first-order valence-corrected chi connectivity index (χ1v) is 11.5. The number of halogens is 1. The number of anilines is 1. The Hall–Kier alpha value is -3.78. The van der Waals surface area contributed by atoms with Crippen LogP contribution >= 0.6 is 11.6 Å². The van der Waals surface area contributed by atoms with Crippen LogP contribution in [0.2, 0.25) is 5.02 Å². The zero-order valence-electron chi connectivity index (χ0n) is 18.7. The molecule has 34 heavy (non-hydrogen) atoms. The highest BCUT2D eigenvalue weighted by atomic mass is 35.5. The van der Waals surface area contributed by atoms with E-state index in [1.54, 1.807) is 22.7 Å². The number of aromatic nitrogens is 3. The number of amides is 1. The minimum absolute atomic E-state index is 0.158. The molecule has 1 N–H and O–H groups in total. The molecule has 1 amide bonds. The summed E-state index contributed by atoms with van der Waals surface area (Å²) in [5.74, 6) is -0.202. The van der Waals surface area contributed by atoms with Gasteiger partial charge in [0.2, 0.25) is 0 Å². The quantitative estimate of drug-likeness (QED) is 0.490. The molecule has 5 rings (SSSR count). The third-order valence-electron chi connectivity index (χ3n) is 6.26. The third-order valence-corrected chi connectivity index (χ3v) is 6.50. The van der Waals surface area contributed by atoms with Crippen LogP contribution in [0.5, 0.6) is 0 Å². The second-order valence-electron chi connectivity index (χ2n) is 8.44. The Morgan fingerprint density at radius 3 is 2.44 bits per heavy atom. The van der Waals surface area contributed by atoms with Crippen LogP contribution < -0.4 is 16.1 Å². The Morgan fingerprint density at radius 2 is 1.74 bits per heavy atom. The minimum atomic E-state index is -0.535. The van der Waals surface area contributed by atoms with Crippen LogP contribution in [-0.4, -0.2) is 51.1 Å². The van der Waals surface area contributed by atoms with Crippen LogP contribution in [0, 0.1) is 0 Å². The summed E-state index contributed by atoms with van der Waals surface area (Å²) in [5, 5.41) is 0.675. The van der Waals surface area contributed by atoms with Crippen LogP contribution in [0.15, 0.2) is 70.4 Å². The SMILES string of the molecule is Cn1cc(C(=O)N2CCN(c3cccc(Cl)c3)CC2)c2[nH]c(=O)n(Cc3ccccc3)c(=O)c21. The first-order valence-electron chi connectivity index (χ1n) is 11.1. The van der Waals surface area contributed by atoms with E-state index in [1.807, 2.05) is 54.6 Å². The maximum Gasteiger partial charge on any atom is 0.329 e. The van der Waals surface area contributed by atoms with Crippen LogP contribution in [0.3, 0.4) is 0 Å². The maximum absolute atomic E-state index is 13.4. The Balaban J connectivity index is 1.41. The molecule has 0 atom stereocenters. The summed E-state index contributed by atoms with van der Waals surface area (Å²) in [7, 11) is 1.71. The lowest BCUT2D eigenvalue weighted by atomic mass is 10.2. The van der Waals surface area contributed by atoms with Crippen LogP contribution in [0.1, 0.15) is 15.9 Å². The van der Waals surface area contributed by atoms with Gasteiger partial charge in [0.15, 0.2) is 0 Å². The van der Waals surface area contributed by atoms with Crippen molar-refractivity contribution >= 4 is 34.2 Å². The zero-order valence-corrected chi connectivity index (χ0v) is 19.5. The molecule has 1 fully saturated rings. The number of aryl methyl sites for hydroxylation is 1. The molecule has 0 unspecified atom stereocenters. The molecule has 9 heteroatoms. The molecule has 1 aliphatic rings. The van der Waals surface area contributed by atoms with Gasteiger partial charge in [-0.1, -0.05) is 48.0 Å². The van der Waals surface area contributed by atoms with Crippen molar-refractivity contribution in [2.24, 2.45) is 7.05 Å². The molecular formula is C25H24ClN5O3. The monoisotopic (exact) mass is 477 g/mol. The van der Waals surface area contributed by atoms with Gasteiger partial charge < -0.3 is 19.4 Å². The van der Waals surface area contributed by atoms with Gasteiger partial charge in [-0.3, -0.25) is 14.2 Å². The smallest absolute Gasteiger partial charge is 0.329 e. The number of aromatic amines is 1. The highest BCUT2D eigenvalue weighted by Gasteiger charge is 2.26. The topological polar surface area (TPSA) is 83.3 Å². The molecule has 3 heterocycles. The number of piperazine rings is 1. The van der Waals surface area contributed by atoms with Crippen molar-refractivity contribution < 1.29 is 4.79 Å². The Morgan fingerprint density at radius 1 is 1.00 bits per heavy atom. The summed E-state index contributed by atoms with van der Waals surface area (Å²) in [4.78, 5) is 46.1. The fourth-order valence-electron chi connectivity index (χ4n) is 4.49. The molecule has 2 aromatic heterocycles. The Bertz CT molecular complexity index is 1480. The number of rotatable bonds is 4. The van der Waals surface area contributed by atoms with E-state index in [-0.39, 0.29) is 18.0 Å². The number of carbonyl (C=O) groups is 1. The van der Waals surface area contributed by atoms with Crippen LogP contribution in [0.4, 0.5) is 5.69 Å². The molecule has 174 valence electrons. The van der Waals surface area contributed by atoms with Gasteiger partial charge in [-0.05, 0) is 23.8 Å². The van der Waals surface area contributed by atoms with Crippen molar-refractivity contribution in [2.45, 2.75) is 6.54 Å². The zero-order chi connectivity index (χ0) is 23.8. The van der Waals surface area contributed by atoms with E-state index in [0.717, 1.165) is 15.8 Å². The molecule has 0 radical (unpaired) electrons. The Kier molecular flexibility index (Phi) is 5.75. The maximum atomic E-state index is 13.4. The first kappa shape index (κ1) is 22.0. The van der Waals surface area contributed by atoms with E-state index in [1.165, 1.54) is 0 Å². The van der Waals surface area contributed by atoms with Gasteiger partial charge in [0, 0.05) is 50.1 Å². The summed E-state index contributed by atoms with van der Waals surface area (Å²) in [6.45, 7) is 2.54. The summed E-state index contributed by atoms with van der Waals surface area (Å²) >= 11 is 6.11. The van der Waals surface area contributed by atoms with Crippen molar-refractivity contribution in [3.05, 3.63) is 97.8 Å². The molecule has 8 nitrogen and oxygen atoms in total. The highest BCUT2D eigenvalue weighted by Crippen LogP contribution is 2.22. The number of carbonyl (C=O) groups excluding carboxylic acids is 1. The van der Waals surface area contributed by atoms with Crippen LogP contribution in [-0.2, 0) is 13.6 Å². The number of hydrogen-bond acceptors (Lipinski definition) is 4. The average molecular weight is 478 g/mol. The number of nitrogens with zero attached hydrogens (tertiary/aromatic N) is 4. The summed E-state index contributed by atoms with van der Waals surface area (Å²) < 4.78 is 2.78. The van der Waals surface area contributed by atoms with Crippen molar-refractivity contribution in [2.75, 3.05) is 31.1 Å². The number of hydrogen-bond donors (Lipinski definition) is 1. The van der Waals surface area contributed by atoms with Gasteiger partial charge in [0.1, 0.15) is 5.52 Å². The minimum Gasteiger partial charge on any atom is -0.368 e. The molecule has 0 spiro atoms. The lowest BCUT2D eigenvalue weighted by molar-refractivity contribution is 0.0748. The Labute approximate surface area is 200 Å². The summed E-state index contributed by atoms with van der Waals surface area (Å²) in [6, 6.07) is 17.0. The molecule has 4 aromatic rings. The third kappa shape index (κ3) is 4.01. The standard InChI is InChI=1S/C25H24ClN5O3/c1-28-16-20(23(32)30-12-10-29(11-13-30)19-9-5-8-18(26)14-19)21-22(28)24(33)31(25(34)27-21)15-17-6-3-2-4-7-17/h2-9,14,16H,10-13,15H2,1H3,(H,27,34). The first-order chi connectivity index (χ1) is 16.4. The predicted molar refractivity (Wildman–Crippen MR) is 133 cm³/mol. The molecule has 0 saturated carbocycles. The van der Waals surface area contributed by atoms with E-state index in [0.29, 0.717) is 42.3 Å².